The lowest BCUT2D eigenvalue weighted by Gasteiger charge is -2.08. The van der Waals surface area contributed by atoms with Crippen molar-refractivity contribution in [3.8, 4) is 0 Å². The molecule has 0 aromatic carbocycles. The number of hydrogen-bond donors (Lipinski definition) is 1. The SMILES string of the molecule is FC(F)(F)CCCCNCC(F)(F)F. The fourth-order valence-electron chi connectivity index (χ4n) is 0.806. The monoisotopic (exact) mass is 223 g/mol. The van der Waals surface area contributed by atoms with Crippen LogP contribution in [0.4, 0.5) is 26.3 Å². The van der Waals surface area contributed by atoms with Crippen molar-refractivity contribution in [1.29, 1.82) is 0 Å². The van der Waals surface area contributed by atoms with E-state index in [4.69, 9.17) is 0 Å². The van der Waals surface area contributed by atoms with E-state index in [0.29, 0.717) is 0 Å². The third-order valence-corrected chi connectivity index (χ3v) is 1.39. The summed E-state index contributed by atoms with van der Waals surface area (Å²) in [5, 5.41) is 2.02. The average Bonchev–Trinajstić information content (AvgIpc) is 1.92. The molecule has 0 aliphatic heterocycles. The van der Waals surface area contributed by atoms with Crippen LogP contribution in [0.15, 0.2) is 0 Å². The predicted molar refractivity (Wildman–Crippen MR) is 38.8 cm³/mol. The number of halogens is 6. The third kappa shape index (κ3) is 11.5. The number of alkyl halides is 6. The number of hydrogen-bond acceptors (Lipinski definition) is 1. The van der Waals surface area contributed by atoms with E-state index in [1.807, 2.05) is 5.32 Å². The average molecular weight is 223 g/mol. The Morgan fingerprint density at radius 1 is 0.786 bits per heavy atom. The smallest absolute Gasteiger partial charge is 0.309 e. The standard InChI is InChI=1S/C7H11F6N/c8-6(9,10)3-1-2-4-14-5-7(11,12)13/h14H,1-5H2. The summed E-state index contributed by atoms with van der Waals surface area (Å²) in [5.74, 6) is 0. The van der Waals surface area contributed by atoms with Crippen LogP contribution >= 0.6 is 0 Å². The maximum Gasteiger partial charge on any atom is 0.401 e. The molecule has 1 N–H and O–H groups in total. The molecule has 0 atom stereocenters. The van der Waals surface area contributed by atoms with Crippen LogP contribution in [0.1, 0.15) is 19.3 Å². The molecule has 0 aliphatic carbocycles. The molecule has 0 saturated heterocycles. The Balaban J connectivity index is 3.23. The van der Waals surface area contributed by atoms with Crippen LogP contribution in [0.2, 0.25) is 0 Å². The molecule has 0 unspecified atom stereocenters. The Morgan fingerprint density at radius 3 is 1.79 bits per heavy atom. The fraction of sp³-hybridized carbons (Fsp3) is 1.00. The Labute approximate surface area is 77.5 Å². The van der Waals surface area contributed by atoms with Crippen molar-refractivity contribution in [1.82, 2.24) is 5.32 Å². The molecule has 0 spiro atoms. The molecule has 0 bridgehead atoms. The first kappa shape index (κ1) is 13.5. The zero-order valence-corrected chi connectivity index (χ0v) is 7.30. The van der Waals surface area contributed by atoms with Gasteiger partial charge in [0.15, 0.2) is 0 Å². The summed E-state index contributed by atoms with van der Waals surface area (Å²) in [6, 6.07) is 0. The normalized spacial score (nSPS) is 13.3. The van der Waals surface area contributed by atoms with Crippen molar-refractivity contribution in [2.24, 2.45) is 0 Å². The van der Waals surface area contributed by atoms with E-state index in [9.17, 15) is 26.3 Å². The third-order valence-electron chi connectivity index (χ3n) is 1.39. The predicted octanol–water partition coefficient (Wildman–Crippen LogP) is 2.87. The molecule has 7 heteroatoms. The van der Waals surface area contributed by atoms with E-state index in [2.05, 4.69) is 0 Å². The second-order valence-electron chi connectivity index (χ2n) is 2.86. The first-order chi connectivity index (χ1) is 6.21. The van der Waals surface area contributed by atoms with Crippen molar-refractivity contribution < 1.29 is 26.3 Å². The minimum atomic E-state index is -4.30. The van der Waals surface area contributed by atoms with E-state index in [0.717, 1.165) is 0 Å². The van der Waals surface area contributed by atoms with Crippen LogP contribution in [0.25, 0.3) is 0 Å². The first-order valence-corrected chi connectivity index (χ1v) is 4.05. The molecule has 0 rings (SSSR count). The maximum atomic E-state index is 11.6. The summed E-state index contributed by atoms with van der Waals surface area (Å²) in [6.07, 6.45) is -9.52. The van der Waals surface area contributed by atoms with Crippen LogP contribution in [-0.4, -0.2) is 25.4 Å². The summed E-state index contributed by atoms with van der Waals surface area (Å²) in [6.45, 7) is -1.20. The quantitative estimate of drug-likeness (QED) is 0.558. The summed E-state index contributed by atoms with van der Waals surface area (Å²) < 4.78 is 69.2. The van der Waals surface area contributed by atoms with E-state index in [-0.39, 0.29) is 19.4 Å². The lowest BCUT2D eigenvalue weighted by molar-refractivity contribution is -0.136. The van der Waals surface area contributed by atoms with E-state index >= 15 is 0 Å². The van der Waals surface area contributed by atoms with Crippen LogP contribution in [0, 0.1) is 0 Å². The fourth-order valence-corrected chi connectivity index (χ4v) is 0.806. The molecule has 0 radical (unpaired) electrons. The highest BCUT2D eigenvalue weighted by molar-refractivity contribution is 4.57. The minimum Gasteiger partial charge on any atom is -0.309 e. The zero-order valence-electron chi connectivity index (χ0n) is 7.30. The van der Waals surface area contributed by atoms with Gasteiger partial charge in [-0.25, -0.2) is 0 Å². The van der Waals surface area contributed by atoms with Crippen molar-refractivity contribution >= 4 is 0 Å². The summed E-state index contributed by atoms with van der Waals surface area (Å²) >= 11 is 0. The molecular weight excluding hydrogens is 212 g/mol. The highest BCUT2D eigenvalue weighted by Crippen LogP contribution is 2.21. The molecule has 0 aromatic heterocycles. The topological polar surface area (TPSA) is 12.0 Å². The lowest BCUT2D eigenvalue weighted by Crippen LogP contribution is -2.29. The minimum absolute atomic E-state index is 0.0460. The summed E-state index contributed by atoms with van der Waals surface area (Å²) in [4.78, 5) is 0. The number of unbranched alkanes of at least 4 members (excludes halogenated alkanes) is 1. The molecule has 1 nitrogen and oxygen atoms in total. The molecular formula is C7H11F6N. The molecule has 0 heterocycles. The van der Waals surface area contributed by atoms with Gasteiger partial charge in [0, 0.05) is 6.42 Å². The molecule has 86 valence electrons. The van der Waals surface area contributed by atoms with Crippen molar-refractivity contribution in [2.75, 3.05) is 13.1 Å². The van der Waals surface area contributed by atoms with Gasteiger partial charge >= 0.3 is 12.4 Å². The van der Waals surface area contributed by atoms with Gasteiger partial charge in [0.2, 0.25) is 0 Å². The van der Waals surface area contributed by atoms with Gasteiger partial charge in [0.1, 0.15) is 0 Å². The van der Waals surface area contributed by atoms with E-state index in [1.54, 1.807) is 0 Å². The Bertz CT molecular complexity index is 131. The largest absolute Gasteiger partial charge is 0.401 e. The van der Waals surface area contributed by atoms with Gasteiger partial charge in [-0.2, -0.15) is 26.3 Å². The molecule has 0 aromatic rings. The molecule has 0 fully saturated rings. The van der Waals surface area contributed by atoms with Crippen molar-refractivity contribution in [3.63, 3.8) is 0 Å². The Hall–Kier alpha value is -0.460. The first-order valence-electron chi connectivity index (χ1n) is 4.05. The zero-order chi connectivity index (χ0) is 11.2. The van der Waals surface area contributed by atoms with Crippen molar-refractivity contribution in [3.05, 3.63) is 0 Å². The van der Waals surface area contributed by atoms with Crippen molar-refractivity contribution in [2.45, 2.75) is 31.6 Å². The summed E-state index contributed by atoms with van der Waals surface area (Å²) in [5.41, 5.74) is 0. The Kier molecular flexibility index (Phi) is 5.25. The molecule has 0 amide bonds. The molecule has 0 saturated carbocycles. The summed E-state index contributed by atoms with van der Waals surface area (Å²) in [7, 11) is 0. The van der Waals surface area contributed by atoms with Crippen LogP contribution in [0.3, 0.4) is 0 Å². The van der Waals surface area contributed by atoms with E-state index < -0.39 is 25.3 Å². The van der Waals surface area contributed by atoms with Gasteiger partial charge in [-0.1, -0.05) is 0 Å². The van der Waals surface area contributed by atoms with Gasteiger partial charge in [0.25, 0.3) is 0 Å². The number of rotatable bonds is 5. The Morgan fingerprint density at radius 2 is 1.36 bits per heavy atom. The molecule has 14 heavy (non-hydrogen) atoms. The second-order valence-corrected chi connectivity index (χ2v) is 2.86. The highest BCUT2D eigenvalue weighted by atomic mass is 19.4. The van der Waals surface area contributed by atoms with Crippen LogP contribution in [-0.2, 0) is 0 Å². The van der Waals surface area contributed by atoms with Crippen LogP contribution < -0.4 is 5.32 Å². The van der Waals surface area contributed by atoms with E-state index in [1.165, 1.54) is 0 Å². The van der Waals surface area contributed by atoms with Crippen LogP contribution in [0.5, 0.6) is 0 Å². The second kappa shape index (κ2) is 5.43. The van der Waals surface area contributed by atoms with Gasteiger partial charge in [-0.05, 0) is 19.4 Å². The maximum absolute atomic E-state index is 11.6. The van der Waals surface area contributed by atoms with Gasteiger partial charge in [-0.3, -0.25) is 0 Å². The van der Waals surface area contributed by atoms with Gasteiger partial charge in [-0.15, -0.1) is 0 Å². The highest BCUT2D eigenvalue weighted by Gasteiger charge is 2.27. The van der Waals surface area contributed by atoms with Gasteiger partial charge < -0.3 is 5.32 Å². The lowest BCUT2D eigenvalue weighted by atomic mass is 10.2. The van der Waals surface area contributed by atoms with Gasteiger partial charge in [0.05, 0.1) is 6.54 Å². The molecule has 0 aliphatic rings. The number of nitrogens with one attached hydrogen (secondary N) is 1.